The van der Waals surface area contributed by atoms with Gasteiger partial charge in [0.05, 0.1) is 6.10 Å². The second-order valence-corrected chi connectivity index (χ2v) is 3.61. The molecule has 1 aliphatic rings. The van der Waals surface area contributed by atoms with Crippen molar-refractivity contribution in [3.63, 3.8) is 0 Å². The van der Waals surface area contributed by atoms with Crippen LogP contribution in [0.3, 0.4) is 0 Å². The Hall–Kier alpha value is -0.340. The zero-order chi connectivity index (χ0) is 8.48. The van der Waals surface area contributed by atoms with Gasteiger partial charge in [0, 0.05) is 6.04 Å². The maximum Gasteiger partial charge on any atom is 0.114 e. The first-order valence-corrected chi connectivity index (χ1v) is 4.11. The van der Waals surface area contributed by atoms with Gasteiger partial charge in [-0.1, -0.05) is 6.08 Å². The summed E-state index contributed by atoms with van der Waals surface area (Å²) in [4.78, 5) is 0. The van der Waals surface area contributed by atoms with Gasteiger partial charge in [0.15, 0.2) is 0 Å². The number of nitrogens with one attached hydrogen (secondary N) is 1. The first-order chi connectivity index (χ1) is 5.05. The summed E-state index contributed by atoms with van der Waals surface area (Å²) < 4.78 is 5.65. The molecule has 2 atom stereocenters. The minimum atomic E-state index is -0.160. The molecule has 2 unspecified atom stereocenters. The molecule has 64 valence electrons. The van der Waals surface area contributed by atoms with Crippen molar-refractivity contribution in [2.75, 3.05) is 0 Å². The SMILES string of the molecule is C=CCC1NC(C)(C)OC1C. The molecule has 0 spiro atoms. The fourth-order valence-electron chi connectivity index (χ4n) is 1.57. The van der Waals surface area contributed by atoms with Crippen LogP contribution in [0.25, 0.3) is 0 Å². The van der Waals surface area contributed by atoms with Crippen molar-refractivity contribution in [3.05, 3.63) is 12.7 Å². The van der Waals surface area contributed by atoms with Crippen molar-refractivity contribution in [1.82, 2.24) is 5.32 Å². The molecular weight excluding hydrogens is 138 g/mol. The van der Waals surface area contributed by atoms with Crippen LogP contribution in [0.2, 0.25) is 0 Å². The van der Waals surface area contributed by atoms with Gasteiger partial charge < -0.3 is 4.74 Å². The zero-order valence-electron chi connectivity index (χ0n) is 7.55. The lowest BCUT2D eigenvalue weighted by Gasteiger charge is -2.17. The molecule has 1 saturated heterocycles. The second kappa shape index (κ2) is 2.95. The Balaban J connectivity index is 2.51. The van der Waals surface area contributed by atoms with E-state index in [-0.39, 0.29) is 5.72 Å². The van der Waals surface area contributed by atoms with Gasteiger partial charge in [-0.15, -0.1) is 6.58 Å². The standard InChI is InChI=1S/C9H17NO/c1-5-6-8-7(2)11-9(3,4)10-8/h5,7-8,10H,1,6H2,2-4H3. The highest BCUT2D eigenvalue weighted by Gasteiger charge is 2.35. The van der Waals surface area contributed by atoms with E-state index in [4.69, 9.17) is 4.74 Å². The molecule has 2 heteroatoms. The number of hydrogen-bond donors (Lipinski definition) is 1. The van der Waals surface area contributed by atoms with Crippen LogP contribution in [-0.2, 0) is 4.74 Å². The van der Waals surface area contributed by atoms with Gasteiger partial charge in [-0.25, -0.2) is 0 Å². The Kier molecular flexibility index (Phi) is 2.35. The number of hydrogen-bond acceptors (Lipinski definition) is 2. The molecule has 0 aromatic rings. The summed E-state index contributed by atoms with van der Waals surface area (Å²) in [7, 11) is 0. The molecule has 0 radical (unpaired) electrons. The molecular formula is C9H17NO. The lowest BCUT2D eigenvalue weighted by molar-refractivity contribution is -0.0170. The smallest absolute Gasteiger partial charge is 0.114 e. The average molecular weight is 155 g/mol. The molecule has 0 aromatic heterocycles. The summed E-state index contributed by atoms with van der Waals surface area (Å²) in [6.45, 7) is 9.90. The van der Waals surface area contributed by atoms with Crippen LogP contribution in [-0.4, -0.2) is 17.9 Å². The summed E-state index contributed by atoms with van der Waals surface area (Å²) in [5, 5.41) is 3.39. The third kappa shape index (κ3) is 2.04. The van der Waals surface area contributed by atoms with Gasteiger partial charge in [-0.2, -0.15) is 0 Å². The molecule has 1 heterocycles. The monoisotopic (exact) mass is 155 g/mol. The van der Waals surface area contributed by atoms with E-state index in [1.807, 2.05) is 19.9 Å². The fourth-order valence-corrected chi connectivity index (χ4v) is 1.57. The maximum absolute atomic E-state index is 5.65. The van der Waals surface area contributed by atoms with Crippen molar-refractivity contribution in [3.8, 4) is 0 Å². The van der Waals surface area contributed by atoms with Gasteiger partial charge >= 0.3 is 0 Å². The van der Waals surface area contributed by atoms with Gasteiger partial charge in [0.25, 0.3) is 0 Å². The molecule has 0 bridgehead atoms. The summed E-state index contributed by atoms with van der Waals surface area (Å²) in [6.07, 6.45) is 3.20. The Bertz CT molecular complexity index is 154. The lowest BCUT2D eigenvalue weighted by atomic mass is 10.1. The normalized spacial score (nSPS) is 35.5. The van der Waals surface area contributed by atoms with Crippen molar-refractivity contribution in [1.29, 1.82) is 0 Å². The first kappa shape index (κ1) is 8.75. The molecule has 11 heavy (non-hydrogen) atoms. The van der Waals surface area contributed by atoms with Crippen molar-refractivity contribution in [2.24, 2.45) is 0 Å². The van der Waals surface area contributed by atoms with Crippen LogP contribution in [0.15, 0.2) is 12.7 Å². The molecule has 1 aliphatic heterocycles. The van der Waals surface area contributed by atoms with Crippen LogP contribution in [0, 0.1) is 0 Å². The average Bonchev–Trinajstić information content (AvgIpc) is 2.07. The highest BCUT2D eigenvalue weighted by atomic mass is 16.5. The Morgan fingerprint density at radius 1 is 1.64 bits per heavy atom. The van der Waals surface area contributed by atoms with E-state index >= 15 is 0 Å². The maximum atomic E-state index is 5.65. The quantitative estimate of drug-likeness (QED) is 0.612. The molecule has 0 aromatic carbocycles. The molecule has 1 rings (SSSR count). The van der Waals surface area contributed by atoms with Crippen LogP contribution in [0.1, 0.15) is 27.2 Å². The first-order valence-electron chi connectivity index (χ1n) is 4.11. The van der Waals surface area contributed by atoms with E-state index in [9.17, 15) is 0 Å². The Morgan fingerprint density at radius 2 is 2.27 bits per heavy atom. The van der Waals surface area contributed by atoms with Gasteiger partial charge in [0.2, 0.25) is 0 Å². The molecule has 1 fully saturated rings. The summed E-state index contributed by atoms with van der Waals surface area (Å²) >= 11 is 0. The second-order valence-electron chi connectivity index (χ2n) is 3.61. The molecule has 0 saturated carbocycles. The minimum absolute atomic E-state index is 0.160. The van der Waals surface area contributed by atoms with E-state index in [2.05, 4.69) is 18.8 Å². The predicted molar refractivity (Wildman–Crippen MR) is 46.4 cm³/mol. The fraction of sp³-hybridized carbons (Fsp3) is 0.778. The summed E-state index contributed by atoms with van der Waals surface area (Å²) in [5.74, 6) is 0. The van der Waals surface area contributed by atoms with E-state index < -0.39 is 0 Å². The van der Waals surface area contributed by atoms with Crippen LogP contribution in [0.4, 0.5) is 0 Å². The topological polar surface area (TPSA) is 21.3 Å². The highest BCUT2D eigenvalue weighted by Crippen LogP contribution is 2.22. The van der Waals surface area contributed by atoms with Crippen molar-refractivity contribution < 1.29 is 4.74 Å². The van der Waals surface area contributed by atoms with Crippen molar-refractivity contribution in [2.45, 2.75) is 45.1 Å². The predicted octanol–water partition coefficient (Wildman–Crippen LogP) is 1.68. The van der Waals surface area contributed by atoms with Gasteiger partial charge in [-0.05, 0) is 27.2 Å². The van der Waals surface area contributed by atoms with E-state index in [1.165, 1.54) is 0 Å². The third-order valence-corrected chi connectivity index (χ3v) is 2.00. The largest absolute Gasteiger partial charge is 0.357 e. The zero-order valence-corrected chi connectivity index (χ0v) is 7.55. The van der Waals surface area contributed by atoms with Crippen molar-refractivity contribution >= 4 is 0 Å². The Morgan fingerprint density at radius 3 is 2.64 bits per heavy atom. The highest BCUT2D eigenvalue weighted by molar-refractivity contribution is 4.91. The van der Waals surface area contributed by atoms with Crippen LogP contribution >= 0.6 is 0 Å². The number of rotatable bonds is 2. The molecule has 0 aliphatic carbocycles. The van der Waals surface area contributed by atoms with Crippen LogP contribution in [0.5, 0.6) is 0 Å². The third-order valence-electron chi connectivity index (χ3n) is 2.00. The molecule has 1 N–H and O–H groups in total. The molecule has 2 nitrogen and oxygen atoms in total. The number of ether oxygens (including phenoxy) is 1. The molecule has 0 amide bonds. The van der Waals surface area contributed by atoms with E-state index in [0.717, 1.165) is 6.42 Å². The lowest BCUT2D eigenvalue weighted by Crippen LogP contribution is -2.38. The minimum Gasteiger partial charge on any atom is -0.357 e. The summed E-state index contributed by atoms with van der Waals surface area (Å²) in [6, 6.07) is 0.433. The van der Waals surface area contributed by atoms with Gasteiger partial charge in [-0.3, -0.25) is 5.32 Å². The Labute approximate surface area is 68.6 Å². The van der Waals surface area contributed by atoms with Gasteiger partial charge in [0.1, 0.15) is 5.72 Å². The summed E-state index contributed by atoms with van der Waals surface area (Å²) in [5.41, 5.74) is -0.160. The van der Waals surface area contributed by atoms with Crippen LogP contribution < -0.4 is 5.32 Å². The van der Waals surface area contributed by atoms with E-state index in [1.54, 1.807) is 0 Å². The van der Waals surface area contributed by atoms with E-state index in [0.29, 0.717) is 12.1 Å².